The largest absolute Gasteiger partial charge is 0.477 e. The normalized spacial score (nSPS) is 15.2. The molecule has 1 aliphatic rings. The maximum Gasteiger partial charge on any atom is 0.269 e. The summed E-state index contributed by atoms with van der Waals surface area (Å²) in [6.45, 7) is 4.04. The topological polar surface area (TPSA) is 91.5 Å². The first-order chi connectivity index (χ1) is 14.0. The summed E-state index contributed by atoms with van der Waals surface area (Å²) >= 11 is 0. The number of hydrazone groups is 1. The molecular weight excluding hydrogens is 380 g/mol. The minimum Gasteiger partial charge on any atom is -0.477 e. The molecule has 148 valence electrons. The van der Waals surface area contributed by atoms with E-state index in [4.69, 9.17) is 10.00 Å². The lowest BCUT2D eigenvalue weighted by Crippen LogP contribution is -2.29. The van der Waals surface area contributed by atoms with Gasteiger partial charge in [0.05, 0.1) is 25.0 Å². The van der Waals surface area contributed by atoms with Gasteiger partial charge in [0, 0.05) is 23.8 Å². The van der Waals surface area contributed by atoms with Gasteiger partial charge in [-0.1, -0.05) is 18.7 Å². The van der Waals surface area contributed by atoms with Gasteiger partial charge in [0.15, 0.2) is 17.3 Å². The molecule has 7 nitrogen and oxygen atoms in total. The molecule has 2 heterocycles. The van der Waals surface area contributed by atoms with Crippen LogP contribution in [-0.4, -0.2) is 33.7 Å². The van der Waals surface area contributed by atoms with Crippen LogP contribution in [0.1, 0.15) is 36.6 Å². The summed E-state index contributed by atoms with van der Waals surface area (Å²) in [5, 5.41) is 13.8. The molecule has 2 aromatic rings. The Balaban J connectivity index is 1.53. The third-order valence-corrected chi connectivity index (χ3v) is 4.30. The number of nitriles is 1. The Morgan fingerprint density at radius 3 is 2.90 bits per heavy atom. The van der Waals surface area contributed by atoms with Crippen LogP contribution < -0.4 is 4.74 Å². The average molecular weight is 397 g/mol. The Morgan fingerprint density at radius 2 is 2.17 bits per heavy atom. The zero-order valence-electron chi connectivity index (χ0n) is 15.4. The number of ether oxygens (including phenoxy) is 1. The Kier molecular flexibility index (Phi) is 6.24. The second kappa shape index (κ2) is 9.01. The van der Waals surface area contributed by atoms with Crippen molar-refractivity contribution in [3.8, 4) is 11.9 Å². The summed E-state index contributed by atoms with van der Waals surface area (Å²) < 4.78 is 33.1. The standard InChI is InChI=1S/C20H17F2N5O2/c1-13(4-3-9-29-18-12-24-14(10-23)11-25-18)20(28)27-17(7-8-26-27)15-5-2-6-16(21)19(15)22/h2,5-6,8,11-12,17H,1,3-4,7,9H2. The smallest absolute Gasteiger partial charge is 0.269 e. The zero-order chi connectivity index (χ0) is 20.8. The first kappa shape index (κ1) is 20.1. The van der Waals surface area contributed by atoms with Crippen molar-refractivity contribution >= 4 is 12.1 Å². The number of carbonyl (C=O) groups excluding carboxylic acids is 1. The van der Waals surface area contributed by atoms with E-state index >= 15 is 0 Å². The Morgan fingerprint density at radius 1 is 1.34 bits per heavy atom. The SMILES string of the molecule is C=C(CCCOc1cnc(C#N)cn1)C(=O)N1N=CCC1c1cccc(F)c1F. The lowest BCUT2D eigenvalue weighted by Gasteiger charge is -2.23. The highest BCUT2D eigenvalue weighted by molar-refractivity contribution is 5.94. The van der Waals surface area contributed by atoms with Gasteiger partial charge >= 0.3 is 0 Å². The van der Waals surface area contributed by atoms with E-state index in [2.05, 4.69) is 21.6 Å². The molecule has 29 heavy (non-hydrogen) atoms. The minimum absolute atomic E-state index is 0.0753. The number of hydrogen-bond acceptors (Lipinski definition) is 6. The van der Waals surface area contributed by atoms with E-state index in [1.54, 1.807) is 0 Å². The third kappa shape index (κ3) is 4.60. The van der Waals surface area contributed by atoms with Gasteiger partial charge in [-0.3, -0.25) is 4.79 Å². The highest BCUT2D eigenvalue weighted by Gasteiger charge is 2.31. The maximum atomic E-state index is 14.1. The van der Waals surface area contributed by atoms with E-state index < -0.39 is 23.6 Å². The molecule has 1 aromatic heterocycles. The summed E-state index contributed by atoms with van der Waals surface area (Å²) in [6.07, 6.45) is 5.23. The van der Waals surface area contributed by atoms with Gasteiger partial charge in [0.1, 0.15) is 6.07 Å². The Hall–Kier alpha value is -3.67. The molecule has 0 N–H and O–H groups in total. The number of carbonyl (C=O) groups is 1. The van der Waals surface area contributed by atoms with Crippen LogP contribution in [0, 0.1) is 23.0 Å². The van der Waals surface area contributed by atoms with Gasteiger partial charge in [0.25, 0.3) is 5.91 Å². The van der Waals surface area contributed by atoms with Crippen molar-refractivity contribution in [1.82, 2.24) is 15.0 Å². The van der Waals surface area contributed by atoms with Gasteiger partial charge in [-0.2, -0.15) is 10.4 Å². The average Bonchev–Trinajstić information content (AvgIpc) is 3.22. The molecule has 0 fully saturated rings. The van der Waals surface area contributed by atoms with E-state index in [0.29, 0.717) is 19.3 Å². The fourth-order valence-corrected chi connectivity index (χ4v) is 2.83. The number of aromatic nitrogens is 2. The second-order valence-electron chi connectivity index (χ2n) is 6.25. The van der Waals surface area contributed by atoms with Crippen LogP contribution in [0.25, 0.3) is 0 Å². The molecule has 0 aliphatic carbocycles. The van der Waals surface area contributed by atoms with Crippen molar-refractivity contribution in [2.75, 3.05) is 6.61 Å². The maximum absolute atomic E-state index is 14.1. The molecule has 1 unspecified atom stereocenters. The van der Waals surface area contributed by atoms with Crippen LogP contribution in [0.4, 0.5) is 8.78 Å². The molecule has 1 aromatic carbocycles. The second-order valence-corrected chi connectivity index (χ2v) is 6.25. The summed E-state index contributed by atoms with van der Waals surface area (Å²) in [7, 11) is 0. The number of rotatable bonds is 7. The van der Waals surface area contributed by atoms with Crippen LogP contribution in [0.2, 0.25) is 0 Å². The number of hydrogen-bond donors (Lipinski definition) is 0. The van der Waals surface area contributed by atoms with Gasteiger partial charge in [0.2, 0.25) is 5.88 Å². The lowest BCUT2D eigenvalue weighted by atomic mass is 10.0. The summed E-state index contributed by atoms with van der Waals surface area (Å²) in [4.78, 5) is 20.4. The lowest BCUT2D eigenvalue weighted by molar-refractivity contribution is -0.129. The first-order valence-corrected chi connectivity index (χ1v) is 8.84. The Labute approximate surface area is 166 Å². The van der Waals surface area contributed by atoms with Gasteiger partial charge < -0.3 is 4.74 Å². The predicted octanol–water partition coefficient (Wildman–Crippen LogP) is 3.30. The molecule has 9 heteroatoms. The summed E-state index contributed by atoms with van der Waals surface area (Å²) in [5.74, 6) is -2.13. The third-order valence-electron chi connectivity index (χ3n) is 4.30. The number of nitrogens with zero attached hydrogens (tertiary/aromatic N) is 5. The molecule has 1 atom stereocenters. The van der Waals surface area contributed by atoms with E-state index in [0.717, 1.165) is 11.1 Å². The predicted molar refractivity (Wildman–Crippen MR) is 99.7 cm³/mol. The fraction of sp³-hybridized carbons (Fsp3) is 0.250. The zero-order valence-corrected chi connectivity index (χ0v) is 15.4. The van der Waals surface area contributed by atoms with Crippen molar-refractivity contribution in [3.63, 3.8) is 0 Å². The molecule has 1 aliphatic heterocycles. The van der Waals surface area contributed by atoms with Crippen molar-refractivity contribution in [1.29, 1.82) is 5.26 Å². The number of amides is 1. The van der Waals surface area contributed by atoms with Crippen molar-refractivity contribution in [3.05, 3.63) is 65.6 Å². The fourth-order valence-electron chi connectivity index (χ4n) is 2.83. The monoisotopic (exact) mass is 397 g/mol. The molecule has 0 spiro atoms. The molecule has 0 saturated carbocycles. The first-order valence-electron chi connectivity index (χ1n) is 8.84. The van der Waals surface area contributed by atoms with Gasteiger partial charge in [-0.25, -0.2) is 23.8 Å². The van der Waals surface area contributed by atoms with Crippen LogP contribution >= 0.6 is 0 Å². The molecule has 0 saturated heterocycles. The molecule has 3 rings (SSSR count). The van der Waals surface area contributed by atoms with Crippen molar-refractivity contribution in [2.24, 2.45) is 5.10 Å². The van der Waals surface area contributed by atoms with Gasteiger partial charge in [-0.15, -0.1) is 0 Å². The highest BCUT2D eigenvalue weighted by Crippen LogP contribution is 2.32. The van der Waals surface area contributed by atoms with Crippen molar-refractivity contribution < 1.29 is 18.3 Å². The van der Waals surface area contributed by atoms with Crippen LogP contribution in [0.3, 0.4) is 0 Å². The van der Waals surface area contributed by atoms with Crippen LogP contribution in [0.15, 0.2) is 47.8 Å². The van der Waals surface area contributed by atoms with E-state index in [9.17, 15) is 13.6 Å². The quantitative estimate of drug-likeness (QED) is 0.528. The van der Waals surface area contributed by atoms with Gasteiger partial charge in [-0.05, 0) is 18.9 Å². The van der Waals surface area contributed by atoms with Crippen LogP contribution in [-0.2, 0) is 4.79 Å². The number of halogens is 2. The van der Waals surface area contributed by atoms with E-state index in [1.165, 1.54) is 30.7 Å². The molecule has 1 amide bonds. The van der Waals surface area contributed by atoms with E-state index in [1.807, 2.05) is 6.07 Å². The summed E-state index contributed by atoms with van der Waals surface area (Å²) in [5.41, 5.74) is 0.540. The summed E-state index contributed by atoms with van der Waals surface area (Å²) in [6, 6.07) is 5.01. The van der Waals surface area contributed by atoms with Crippen molar-refractivity contribution in [2.45, 2.75) is 25.3 Å². The highest BCUT2D eigenvalue weighted by atomic mass is 19.2. The Bertz CT molecular complexity index is 985. The number of benzene rings is 1. The minimum atomic E-state index is -0.983. The molecular formula is C20H17F2N5O2. The molecule has 0 bridgehead atoms. The van der Waals surface area contributed by atoms with E-state index in [-0.39, 0.29) is 29.3 Å². The molecule has 0 radical (unpaired) electrons. The van der Waals surface area contributed by atoms with Crippen LogP contribution in [0.5, 0.6) is 5.88 Å².